The quantitative estimate of drug-likeness (QED) is 0.376. The Kier molecular flexibility index (Phi) is 7.25. The van der Waals surface area contributed by atoms with Crippen molar-refractivity contribution in [2.45, 2.75) is 17.4 Å². The van der Waals surface area contributed by atoms with Crippen LogP contribution in [0.2, 0.25) is 0 Å². The predicted octanol–water partition coefficient (Wildman–Crippen LogP) is 4.42. The molecule has 4 aromatic carbocycles. The van der Waals surface area contributed by atoms with Gasteiger partial charge in [0.05, 0.1) is 18.0 Å². The van der Waals surface area contributed by atoms with Crippen molar-refractivity contribution in [2.24, 2.45) is 0 Å². The van der Waals surface area contributed by atoms with E-state index in [0.717, 1.165) is 27.6 Å². The molecule has 0 aliphatic rings. The summed E-state index contributed by atoms with van der Waals surface area (Å²) in [6, 6.07) is 29.3. The Labute approximate surface area is 199 Å². The van der Waals surface area contributed by atoms with Gasteiger partial charge in [0.2, 0.25) is 15.9 Å². The fraction of sp³-hybridized carbons (Fsp3) is 0.148. The van der Waals surface area contributed by atoms with E-state index in [-0.39, 0.29) is 29.8 Å². The highest BCUT2D eigenvalue weighted by Crippen LogP contribution is 2.24. The second kappa shape index (κ2) is 10.5. The number of sulfonamides is 1. The molecular formula is C27H26N2O4S. The fourth-order valence-electron chi connectivity index (χ4n) is 3.75. The molecule has 0 aromatic heterocycles. The van der Waals surface area contributed by atoms with Crippen LogP contribution in [0, 0.1) is 0 Å². The third-order valence-corrected chi connectivity index (χ3v) is 7.02. The number of amides is 1. The predicted molar refractivity (Wildman–Crippen MR) is 133 cm³/mol. The van der Waals surface area contributed by atoms with Crippen LogP contribution in [0.25, 0.3) is 10.8 Å². The van der Waals surface area contributed by atoms with Crippen LogP contribution < -0.4 is 14.8 Å². The summed E-state index contributed by atoms with van der Waals surface area (Å²) >= 11 is 0. The average Bonchev–Trinajstić information content (AvgIpc) is 2.87. The van der Waals surface area contributed by atoms with E-state index in [4.69, 9.17) is 4.74 Å². The molecule has 1 atom stereocenters. The SMILES string of the molecule is COc1ccc(C(NC(=O)CCNS(=O)(=O)c2ccc3ccccc3c2)c2ccccc2)cc1. The minimum Gasteiger partial charge on any atom is -0.497 e. The zero-order valence-corrected chi connectivity index (χ0v) is 19.6. The van der Waals surface area contributed by atoms with Crippen molar-refractivity contribution in [3.63, 3.8) is 0 Å². The van der Waals surface area contributed by atoms with Crippen LogP contribution in [0.4, 0.5) is 0 Å². The Morgan fingerprint density at radius 3 is 2.18 bits per heavy atom. The van der Waals surface area contributed by atoms with Gasteiger partial charge in [-0.1, -0.05) is 72.8 Å². The maximum Gasteiger partial charge on any atom is 0.240 e. The first-order chi connectivity index (χ1) is 16.5. The second-order valence-electron chi connectivity index (χ2n) is 7.84. The lowest BCUT2D eigenvalue weighted by molar-refractivity contribution is -0.121. The third-order valence-electron chi connectivity index (χ3n) is 5.56. The van der Waals surface area contributed by atoms with Gasteiger partial charge in [0.25, 0.3) is 0 Å². The molecule has 34 heavy (non-hydrogen) atoms. The fourth-order valence-corrected chi connectivity index (χ4v) is 4.82. The summed E-state index contributed by atoms with van der Waals surface area (Å²) in [4.78, 5) is 12.9. The molecule has 0 fully saturated rings. The van der Waals surface area contributed by atoms with E-state index in [1.807, 2.05) is 78.9 Å². The van der Waals surface area contributed by atoms with Crippen LogP contribution >= 0.6 is 0 Å². The number of rotatable bonds is 9. The van der Waals surface area contributed by atoms with Crippen molar-refractivity contribution < 1.29 is 17.9 Å². The molecule has 0 aliphatic carbocycles. The Bertz CT molecular complexity index is 1370. The van der Waals surface area contributed by atoms with Crippen molar-refractivity contribution in [3.8, 4) is 5.75 Å². The molecular weight excluding hydrogens is 448 g/mol. The van der Waals surface area contributed by atoms with Crippen molar-refractivity contribution in [3.05, 3.63) is 108 Å². The van der Waals surface area contributed by atoms with Gasteiger partial charge < -0.3 is 10.1 Å². The monoisotopic (exact) mass is 474 g/mol. The van der Waals surface area contributed by atoms with Crippen molar-refractivity contribution in [1.82, 2.24) is 10.0 Å². The number of fused-ring (bicyclic) bond motifs is 1. The standard InChI is InChI=1S/C27H26N2O4S/c1-33-24-14-11-22(12-15-24)27(21-8-3-2-4-9-21)29-26(30)17-18-28-34(31,32)25-16-13-20-7-5-6-10-23(20)19-25/h2-16,19,27-28H,17-18H2,1H3,(H,29,30). The summed E-state index contributed by atoms with van der Waals surface area (Å²) in [6.07, 6.45) is 0.00625. The summed E-state index contributed by atoms with van der Waals surface area (Å²) in [5, 5.41) is 4.83. The van der Waals surface area contributed by atoms with Crippen molar-refractivity contribution in [2.75, 3.05) is 13.7 Å². The van der Waals surface area contributed by atoms with Crippen molar-refractivity contribution >= 4 is 26.7 Å². The molecule has 0 spiro atoms. The zero-order valence-electron chi connectivity index (χ0n) is 18.8. The number of hydrogen-bond donors (Lipinski definition) is 2. The second-order valence-corrected chi connectivity index (χ2v) is 9.61. The van der Waals surface area contributed by atoms with Crippen LogP contribution in [0.1, 0.15) is 23.6 Å². The number of ether oxygens (including phenoxy) is 1. The van der Waals surface area contributed by atoms with E-state index in [0.29, 0.717) is 0 Å². The molecule has 0 radical (unpaired) electrons. The average molecular weight is 475 g/mol. The third kappa shape index (κ3) is 5.62. The molecule has 4 aromatic rings. The Morgan fingerprint density at radius 2 is 1.47 bits per heavy atom. The van der Waals surface area contributed by atoms with Crippen molar-refractivity contribution in [1.29, 1.82) is 0 Å². The van der Waals surface area contributed by atoms with E-state index in [9.17, 15) is 13.2 Å². The summed E-state index contributed by atoms with van der Waals surface area (Å²) in [6.45, 7) is -0.00881. The molecule has 6 nitrogen and oxygen atoms in total. The van der Waals surface area contributed by atoms with E-state index >= 15 is 0 Å². The summed E-state index contributed by atoms with van der Waals surface area (Å²) < 4.78 is 33.2. The van der Waals surface area contributed by atoms with Crippen LogP contribution in [0.5, 0.6) is 5.75 Å². The van der Waals surface area contributed by atoms with Crippen LogP contribution in [-0.4, -0.2) is 28.0 Å². The number of benzene rings is 4. The van der Waals surface area contributed by atoms with E-state index < -0.39 is 10.0 Å². The maximum atomic E-state index is 12.7. The number of carbonyl (C=O) groups is 1. The maximum absolute atomic E-state index is 12.7. The van der Waals surface area contributed by atoms with E-state index in [1.54, 1.807) is 25.3 Å². The minimum absolute atomic E-state index is 0.00625. The highest BCUT2D eigenvalue weighted by molar-refractivity contribution is 7.89. The smallest absolute Gasteiger partial charge is 0.240 e. The summed E-state index contributed by atoms with van der Waals surface area (Å²) in [5.41, 5.74) is 1.83. The Hall–Kier alpha value is -3.68. The summed E-state index contributed by atoms with van der Waals surface area (Å²) in [7, 11) is -2.13. The van der Waals surface area contributed by atoms with Crippen LogP contribution in [0.3, 0.4) is 0 Å². The molecule has 0 saturated heterocycles. The van der Waals surface area contributed by atoms with E-state index in [2.05, 4.69) is 10.0 Å². The lowest BCUT2D eigenvalue weighted by Crippen LogP contribution is -2.33. The Morgan fingerprint density at radius 1 is 0.824 bits per heavy atom. The number of nitrogens with one attached hydrogen (secondary N) is 2. The highest BCUT2D eigenvalue weighted by atomic mass is 32.2. The van der Waals surface area contributed by atoms with Gasteiger partial charge in [-0.15, -0.1) is 0 Å². The minimum atomic E-state index is -3.73. The highest BCUT2D eigenvalue weighted by Gasteiger charge is 2.18. The lowest BCUT2D eigenvalue weighted by Gasteiger charge is -2.20. The van der Waals surface area contributed by atoms with Gasteiger partial charge in [-0.3, -0.25) is 4.79 Å². The summed E-state index contributed by atoms with van der Waals surface area (Å²) in [5.74, 6) is 0.468. The number of hydrogen-bond acceptors (Lipinski definition) is 4. The molecule has 1 unspecified atom stereocenters. The van der Waals surface area contributed by atoms with Gasteiger partial charge in [0.15, 0.2) is 0 Å². The molecule has 1 amide bonds. The van der Waals surface area contributed by atoms with E-state index in [1.165, 1.54) is 0 Å². The molecule has 4 rings (SSSR count). The van der Waals surface area contributed by atoms with Gasteiger partial charge in [0.1, 0.15) is 5.75 Å². The number of methoxy groups -OCH3 is 1. The van der Waals surface area contributed by atoms with Gasteiger partial charge in [-0.25, -0.2) is 13.1 Å². The first-order valence-corrected chi connectivity index (χ1v) is 12.4. The molecule has 0 saturated carbocycles. The topological polar surface area (TPSA) is 84.5 Å². The largest absolute Gasteiger partial charge is 0.497 e. The lowest BCUT2D eigenvalue weighted by atomic mass is 9.98. The normalized spacial score (nSPS) is 12.3. The van der Waals surface area contributed by atoms with Gasteiger partial charge in [-0.05, 0) is 46.2 Å². The van der Waals surface area contributed by atoms with Gasteiger partial charge in [-0.2, -0.15) is 0 Å². The Balaban J connectivity index is 1.42. The van der Waals surface area contributed by atoms with Gasteiger partial charge in [0, 0.05) is 13.0 Å². The molecule has 0 aliphatic heterocycles. The first-order valence-electron chi connectivity index (χ1n) is 10.9. The molecule has 0 bridgehead atoms. The molecule has 2 N–H and O–H groups in total. The van der Waals surface area contributed by atoms with Gasteiger partial charge >= 0.3 is 0 Å². The van der Waals surface area contributed by atoms with Crippen LogP contribution in [0.15, 0.2) is 102 Å². The first kappa shape index (κ1) is 23.5. The van der Waals surface area contributed by atoms with Crippen LogP contribution in [-0.2, 0) is 14.8 Å². The molecule has 7 heteroatoms. The zero-order chi connectivity index (χ0) is 24.0. The molecule has 174 valence electrons. The number of carbonyl (C=O) groups excluding carboxylic acids is 1. The molecule has 0 heterocycles.